The Balaban J connectivity index is 2.48. The molecule has 102 valence electrons. The molecule has 6 heteroatoms. The normalized spacial score (nSPS) is 10.2. The minimum Gasteiger partial charge on any atom is -0.269 e. The predicted octanol–water partition coefficient (Wildman–Crippen LogP) is 2.35. The highest BCUT2D eigenvalue weighted by molar-refractivity contribution is 7.99. The Morgan fingerprint density at radius 3 is 2.95 bits per heavy atom. The van der Waals surface area contributed by atoms with E-state index in [1.807, 2.05) is 0 Å². The number of aromatic nitrogens is 2. The van der Waals surface area contributed by atoms with Crippen LogP contribution in [0, 0.1) is 5.82 Å². The summed E-state index contributed by atoms with van der Waals surface area (Å²) in [4.78, 5) is 28.2. The Hall–Kier alpha value is -2.21. The summed E-state index contributed by atoms with van der Waals surface area (Å²) in [7, 11) is 0. The topological polar surface area (TPSA) is 52.0 Å². The number of halogens is 1. The quantitative estimate of drug-likeness (QED) is 0.493. The maximum atomic E-state index is 13.2. The van der Waals surface area contributed by atoms with Crippen molar-refractivity contribution in [1.29, 1.82) is 0 Å². The molecule has 4 nitrogen and oxygen atoms in total. The summed E-state index contributed by atoms with van der Waals surface area (Å²) >= 11 is 1.21. The van der Waals surface area contributed by atoms with E-state index < -0.39 is 17.3 Å². The molecule has 0 bridgehead atoms. The van der Waals surface area contributed by atoms with E-state index in [9.17, 15) is 14.0 Å². The van der Waals surface area contributed by atoms with E-state index in [0.29, 0.717) is 5.75 Å². The molecule has 1 aromatic carbocycles. The van der Waals surface area contributed by atoms with E-state index >= 15 is 0 Å². The van der Waals surface area contributed by atoms with Gasteiger partial charge in [-0.3, -0.25) is 9.59 Å². The Morgan fingerprint density at radius 1 is 1.45 bits per heavy atom. The molecule has 0 aliphatic rings. The molecule has 0 unspecified atom stereocenters. The van der Waals surface area contributed by atoms with Crippen molar-refractivity contribution in [3.05, 3.63) is 70.9 Å². The van der Waals surface area contributed by atoms with Gasteiger partial charge in [0.2, 0.25) is 0 Å². The van der Waals surface area contributed by atoms with Crippen molar-refractivity contribution >= 4 is 17.7 Å². The summed E-state index contributed by atoms with van der Waals surface area (Å²) in [5.74, 6) is -0.630. The second kappa shape index (κ2) is 6.29. The number of nitrogens with zero attached hydrogens (tertiary/aromatic N) is 2. The molecule has 0 saturated carbocycles. The first-order valence-corrected chi connectivity index (χ1v) is 6.74. The summed E-state index contributed by atoms with van der Waals surface area (Å²) in [5.41, 5.74) is -0.402. The minimum atomic E-state index is -0.603. The van der Waals surface area contributed by atoms with Gasteiger partial charge in [0.15, 0.2) is 5.16 Å². The van der Waals surface area contributed by atoms with Crippen LogP contribution in [0.15, 0.2) is 59.1 Å². The number of carbonyl (C=O) groups excluding carboxylic acids is 1. The first kappa shape index (κ1) is 14.2. The van der Waals surface area contributed by atoms with E-state index in [2.05, 4.69) is 11.6 Å². The summed E-state index contributed by atoms with van der Waals surface area (Å²) < 4.78 is 14.1. The smallest absolute Gasteiger partial charge is 0.267 e. The molecule has 0 amide bonds. The van der Waals surface area contributed by atoms with Gasteiger partial charge in [-0.15, -0.1) is 6.58 Å². The monoisotopic (exact) mass is 290 g/mol. The Bertz CT molecular complexity index is 712. The maximum absolute atomic E-state index is 13.2. The van der Waals surface area contributed by atoms with Crippen molar-refractivity contribution in [1.82, 2.24) is 9.55 Å². The molecule has 0 N–H and O–H groups in total. The first-order valence-electron chi connectivity index (χ1n) is 5.75. The molecule has 0 saturated heterocycles. The number of carbonyl (C=O) groups is 1. The number of thioether (sulfide) groups is 1. The molecule has 0 atom stereocenters. The van der Waals surface area contributed by atoms with Crippen molar-refractivity contribution in [2.75, 3.05) is 5.75 Å². The predicted molar refractivity (Wildman–Crippen MR) is 75.5 cm³/mol. The van der Waals surface area contributed by atoms with Gasteiger partial charge in [-0.2, -0.15) is 0 Å². The van der Waals surface area contributed by atoms with Crippen LogP contribution in [0.1, 0.15) is 10.4 Å². The van der Waals surface area contributed by atoms with Crippen LogP contribution < -0.4 is 5.56 Å². The number of benzene rings is 1. The van der Waals surface area contributed by atoms with Crippen molar-refractivity contribution in [2.24, 2.45) is 0 Å². The average Bonchev–Trinajstić information content (AvgIpc) is 2.44. The van der Waals surface area contributed by atoms with E-state index in [1.165, 1.54) is 42.2 Å². The zero-order chi connectivity index (χ0) is 14.5. The van der Waals surface area contributed by atoms with Crippen LogP contribution in [0.3, 0.4) is 0 Å². The minimum absolute atomic E-state index is 0.0977. The summed E-state index contributed by atoms with van der Waals surface area (Å²) in [6.45, 7) is 3.57. The highest BCUT2D eigenvalue weighted by atomic mass is 32.2. The van der Waals surface area contributed by atoms with E-state index in [-0.39, 0.29) is 10.7 Å². The molecule has 0 aliphatic heterocycles. The Kier molecular flexibility index (Phi) is 4.47. The highest BCUT2D eigenvalue weighted by Crippen LogP contribution is 2.15. The Morgan fingerprint density at radius 2 is 2.25 bits per heavy atom. The van der Waals surface area contributed by atoms with Crippen LogP contribution in [-0.2, 0) is 0 Å². The molecule has 1 heterocycles. The summed E-state index contributed by atoms with van der Waals surface area (Å²) in [6, 6.07) is 6.38. The van der Waals surface area contributed by atoms with Gasteiger partial charge < -0.3 is 0 Å². The second-order valence-corrected chi connectivity index (χ2v) is 4.80. The van der Waals surface area contributed by atoms with Crippen molar-refractivity contribution < 1.29 is 9.18 Å². The highest BCUT2D eigenvalue weighted by Gasteiger charge is 2.15. The van der Waals surface area contributed by atoms with Crippen LogP contribution in [0.5, 0.6) is 0 Å². The van der Waals surface area contributed by atoms with E-state index in [1.54, 1.807) is 6.08 Å². The zero-order valence-corrected chi connectivity index (χ0v) is 11.3. The SMILES string of the molecule is C=CCSc1nccc(=O)n1C(=O)c1cccc(F)c1. The number of rotatable bonds is 4. The standard InChI is InChI=1S/C14H11FN2O2S/c1-2-8-20-14-16-7-6-12(18)17(14)13(19)10-4-3-5-11(15)9-10/h2-7,9H,1,8H2. The molecule has 1 aromatic heterocycles. The van der Waals surface area contributed by atoms with Gasteiger partial charge in [0, 0.05) is 23.6 Å². The molecule has 0 radical (unpaired) electrons. The molecule has 0 spiro atoms. The van der Waals surface area contributed by atoms with E-state index in [0.717, 1.165) is 10.6 Å². The van der Waals surface area contributed by atoms with Gasteiger partial charge in [-0.25, -0.2) is 13.9 Å². The third-order valence-electron chi connectivity index (χ3n) is 2.42. The van der Waals surface area contributed by atoms with Gasteiger partial charge >= 0.3 is 0 Å². The van der Waals surface area contributed by atoms with Crippen LogP contribution in [0.2, 0.25) is 0 Å². The van der Waals surface area contributed by atoms with Gasteiger partial charge in [0.25, 0.3) is 11.5 Å². The van der Waals surface area contributed by atoms with Gasteiger partial charge in [0.1, 0.15) is 5.82 Å². The van der Waals surface area contributed by atoms with Crippen LogP contribution in [-0.4, -0.2) is 21.2 Å². The van der Waals surface area contributed by atoms with Crippen molar-refractivity contribution in [2.45, 2.75) is 5.16 Å². The molecule has 0 fully saturated rings. The van der Waals surface area contributed by atoms with Crippen LogP contribution in [0.4, 0.5) is 4.39 Å². The lowest BCUT2D eigenvalue weighted by atomic mass is 10.2. The van der Waals surface area contributed by atoms with Gasteiger partial charge in [-0.1, -0.05) is 23.9 Å². The zero-order valence-electron chi connectivity index (χ0n) is 10.5. The number of hydrogen-bond acceptors (Lipinski definition) is 4. The fourth-order valence-electron chi connectivity index (χ4n) is 1.56. The van der Waals surface area contributed by atoms with Gasteiger partial charge in [0.05, 0.1) is 0 Å². The third-order valence-corrected chi connectivity index (χ3v) is 3.37. The maximum Gasteiger partial charge on any atom is 0.267 e. The fourth-order valence-corrected chi connectivity index (χ4v) is 2.27. The lowest BCUT2D eigenvalue weighted by Crippen LogP contribution is -2.29. The first-order chi connectivity index (χ1) is 9.63. The van der Waals surface area contributed by atoms with Crippen LogP contribution >= 0.6 is 11.8 Å². The second-order valence-electron chi connectivity index (χ2n) is 3.82. The average molecular weight is 290 g/mol. The lowest BCUT2D eigenvalue weighted by molar-refractivity contribution is 0.0943. The molecule has 0 aliphatic carbocycles. The Labute approximate surface area is 119 Å². The molecule has 20 heavy (non-hydrogen) atoms. The summed E-state index contributed by atoms with van der Waals surface area (Å²) in [6.07, 6.45) is 2.98. The fraction of sp³-hybridized carbons (Fsp3) is 0.0714. The number of hydrogen-bond donors (Lipinski definition) is 0. The molecule has 2 aromatic rings. The van der Waals surface area contributed by atoms with Crippen LogP contribution in [0.25, 0.3) is 0 Å². The third kappa shape index (κ3) is 3.03. The van der Waals surface area contributed by atoms with Crippen molar-refractivity contribution in [3.63, 3.8) is 0 Å². The molecular formula is C14H11FN2O2S. The molecule has 2 rings (SSSR count). The van der Waals surface area contributed by atoms with Gasteiger partial charge in [-0.05, 0) is 18.2 Å². The lowest BCUT2D eigenvalue weighted by Gasteiger charge is -2.08. The summed E-state index contributed by atoms with van der Waals surface area (Å²) in [5, 5.41) is 0.256. The largest absolute Gasteiger partial charge is 0.269 e. The molecular weight excluding hydrogens is 279 g/mol. The van der Waals surface area contributed by atoms with E-state index in [4.69, 9.17) is 0 Å². The van der Waals surface area contributed by atoms with Crippen molar-refractivity contribution in [3.8, 4) is 0 Å².